The van der Waals surface area contributed by atoms with Gasteiger partial charge in [-0.25, -0.2) is 9.97 Å². The predicted molar refractivity (Wildman–Crippen MR) is 164 cm³/mol. The molecule has 0 radical (unpaired) electrons. The summed E-state index contributed by atoms with van der Waals surface area (Å²) in [6, 6.07) is 6.37. The Hall–Kier alpha value is -3.54. The summed E-state index contributed by atoms with van der Waals surface area (Å²) in [4.78, 5) is 40.1. The topological polar surface area (TPSA) is 116 Å². The molecule has 1 N–H and O–H groups in total. The van der Waals surface area contributed by atoms with Crippen LogP contribution in [-0.2, 0) is 4.43 Å². The number of hydrogen-bond acceptors (Lipinski definition) is 8. The van der Waals surface area contributed by atoms with Crippen LogP contribution < -0.4 is 14.8 Å². The fourth-order valence-corrected chi connectivity index (χ4v) is 5.00. The summed E-state index contributed by atoms with van der Waals surface area (Å²) in [5, 5.41) is 2.98. The maximum absolute atomic E-state index is 13.2. The van der Waals surface area contributed by atoms with E-state index in [4.69, 9.17) is 25.5 Å². The average molecular weight is 612 g/mol. The van der Waals surface area contributed by atoms with Crippen molar-refractivity contribution in [2.45, 2.75) is 65.3 Å². The fraction of sp³-hybridized carbons (Fsp3) is 0.433. The van der Waals surface area contributed by atoms with Crippen molar-refractivity contribution in [3.05, 3.63) is 64.7 Å². The van der Waals surface area contributed by atoms with Crippen LogP contribution in [0.4, 0.5) is 5.82 Å². The van der Waals surface area contributed by atoms with Crippen molar-refractivity contribution in [3.63, 3.8) is 0 Å². The number of ether oxygens (including phenoxy) is 2. The maximum atomic E-state index is 13.2. The van der Waals surface area contributed by atoms with Gasteiger partial charge in [0.1, 0.15) is 22.6 Å². The molecule has 12 heteroatoms. The highest BCUT2D eigenvalue weighted by molar-refractivity contribution is 6.74. The average Bonchev–Trinajstić information content (AvgIpc) is 2.88. The molecule has 0 aliphatic carbocycles. The number of benzene rings is 1. The first-order chi connectivity index (χ1) is 19.7. The highest BCUT2D eigenvalue weighted by atomic mass is 35.5. The van der Waals surface area contributed by atoms with Gasteiger partial charge in [-0.1, -0.05) is 32.4 Å². The summed E-state index contributed by atoms with van der Waals surface area (Å²) in [5.41, 5.74) is 1.39. The number of likely N-dealkylation sites (tertiary alicyclic amines) is 1. The van der Waals surface area contributed by atoms with Crippen LogP contribution in [0.3, 0.4) is 0 Å². The second-order valence-corrected chi connectivity index (χ2v) is 17.2. The summed E-state index contributed by atoms with van der Waals surface area (Å²) in [5.74, 6) is 0.538. The molecule has 3 aromatic rings. The lowest BCUT2D eigenvalue weighted by atomic mass is 10.1. The number of carbonyl (C=O) groups is 2. The number of rotatable bonds is 10. The number of carbonyl (C=O) groups excluding carboxylic acids is 2. The van der Waals surface area contributed by atoms with Gasteiger partial charge in [0.2, 0.25) is 5.88 Å². The minimum Gasteiger partial charge on any atom is -0.488 e. The predicted octanol–water partition coefficient (Wildman–Crippen LogP) is 6.51. The minimum atomic E-state index is -1.98. The van der Waals surface area contributed by atoms with Crippen LogP contribution in [0.15, 0.2) is 42.9 Å². The number of pyridine rings is 1. The lowest BCUT2D eigenvalue weighted by Gasteiger charge is -2.36. The molecule has 4 rings (SSSR count). The first-order valence-corrected chi connectivity index (χ1v) is 17.2. The third kappa shape index (κ3) is 7.84. The Kier molecular flexibility index (Phi) is 9.54. The van der Waals surface area contributed by atoms with E-state index in [1.165, 1.54) is 18.5 Å². The number of aromatic nitrogens is 3. The van der Waals surface area contributed by atoms with Crippen LogP contribution in [0.1, 0.15) is 60.5 Å². The third-order valence-electron chi connectivity index (χ3n) is 7.40. The van der Waals surface area contributed by atoms with Gasteiger partial charge in [-0.05, 0) is 56.6 Å². The molecule has 1 saturated heterocycles. The zero-order valence-electron chi connectivity index (χ0n) is 25.2. The molecule has 2 aromatic heterocycles. The summed E-state index contributed by atoms with van der Waals surface area (Å²) < 4.78 is 18.5. The van der Waals surface area contributed by atoms with E-state index in [0.717, 1.165) is 25.2 Å². The van der Waals surface area contributed by atoms with Crippen molar-refractivity contribution in [1.82, 2.24) is 19.9 Å². The van der Waals surface area contributed by atoms with Crippen LogP contribution in [0.2, 0.25) is 23.2 Å². The second kappa shape index (κ2) is 12.8. The van der Waals surface area contributed by atoms with Crippen LogP contribution >= 0.6 is 11.6 Å². The van der Waals surface area contributed by atoms with Gasteiger partial charge in [-0.2, -0.15) is 0 Å². The van der Waals surface area contributed by atoms with Crippen molar-refractivity contribution in [2.75, 3.05) is 25.0 Å². The number of nitrogens with one attached hydrogen (secondary N) is 1. The Morgan fingerprint density at radius 3 is 2.33 bits per heavy atom. The molecule has 1 unspecified atom stereocenters. The van der Waals surface area contributed by atoms with Crippen LogP contribution in [0.5, 0.6) is 17.4 Å². The largest absolute Gasteiger partial charge is 0.488 e. The van der Waals surface area contributed by atoms with Crippen molar-refractivity contribution in [2.24, 2.45) is 0 Å². The van der Waals surface area contributed by atoms with Crippen LogP contribution in [0, 0.1) is 6.92 Å². The van der Waals surface area contributed by atoms with E-state index < -0.39 is 14.2 Å². The lowest BCUT2D eigenvalue weighted by Crippen LogP contribution is -2.43. The molecular formula is C30H38ClN5O5Si. The zero-order valence-corrected chi connectivity index (χ0v) is 26.9. The molecule has 0 spiro atoms. The lowest BCUT2D eigenvalue weighted by molar-refractivity contribution is 0.0651. The molecule has 1 atom stereocenters. The van der Waals surface area contributed by atoms with Gasteiger partial charge < -0.3 is 24.1 Å². The normalized spacial score (nSPS) is 14.1. The highest BCUT2D eigenvalue weighted by Crippen LogP contribution is 2.37. The number of halogens is 1. The number of anilines is 1. The molecule has 1 aromatic carbocycles. The van der Waals surface area contributed by atoms with Gasteiger partial charge in [0.25, 0.3) is 11.8 Å². The van der Waals surface area contributed by atoms with E-state index in [-0.39, 0.29) is 39.3 Å². The molecule has 0 saturated carbocycles. The van der Waals surface area contributed by atoms with Gasteiger partial charge in [0.05, 0.1) is 30.3 Å². The maximum Gasteiger partial charge on any atom is 0.257 e. The molecule has 1 aliphatic heterocycles. The number of nitrogens with zero attached hydrogens (tertiary/aromatic N) is 4. The standard InChI is InChI=1S/C30H38ClN5O5Si/c1-19-15-33-26(17-32-19)35-27(37)21-11-23(40-20(2)18-39-42(6,7)30(3,4)5)14-24(12-21)41-28-25(31)13-22(16-34-28)29(38)36-9-8-10-36/h11-17,20H,8-10,18H2,1-7H3,(H,33,35,37). The SMILES string of the molecule is Cc1cnc(NC(=O)c2cc(Oc3ncc(C(=O)N4CCC4)cc3Cl)cc(OC(C)CO[Si](C)(C)C(C)(C)C)c2)cn1. The van der Waals surface area contributed by atoms with E-state index in [2.05, 4.69) is 54.1 Å². The molecule has 1 aliphatic rings. The van der Waals surface area contributed by atoms with E-state index >= 15 is 0 Å². The summed E-state index contributed by atoms with van der Waals surface area (Å²) >= 11 is 6.46. The van der Waals surface area contributed by atoms with Crippen molar-refractivity contribution in [1.29, 1.82) is 0 Å². The molecular weight excluding hydrogens is 574 g/mol. The van der Waals surface area contributed by atoms with Gasteiger partial charge >= 0.3 is 0 Å². The van der Waals surface area contributed by atoms with Gasteiger partial charge in [0.15, 0.2) is 14.1 Å². The Balaban J connectivity index is 1.56. The third-order valence-corrected chi connectivity index (χ3v) is 12.2. The summed E-state index contributed by atoms with van der Waals surface area (Å²) in [6.45, 7) is 16.5. The highest BCUT2D eigenvalue weighted by Gasteiger charge is 2.37. The summed E-state index contributed by atoms with van der Waals surface area (Å²) in [6.07, 6.45) is 5.17. The molecule has 224 valence electrons. The van der Waals surface area contributed by atoms with E-state index in [1.807, 2.05) is 13.8 Å². The van der Waals surface area contributed by atoms with Gasteiger partial charge in [-0.15, -0.1) is 0 Å². The van der Waals surface area contributed by atoms with Gasteiger partial charge in [0, 0.05) is 30.9 Å². The van der Waals surface area contributed by atoms with Crippen molar-refractivity contribution < 1.29 is 23.5 Å². The van der Waals surface area contributed by atoms with E-state index in [1.54, 1.807) is 29.3 Å². The Morgan fingerprint density at radius 2 is 1.74 bits per heavy atom. The smallest absolute Gasteiger partial charge is 0.257 e. The van der Waals surface area contributed by atoms with Gasteiger partial charge in [-0.3, -0.25) is 14.6 Å². The first-order valence-electron chi connectivity index (χ1n) is 13.9. The molecule has 1 fully saturated rings. The molecule has 0 bridgehead atoms. The molecule has 2 amide bonds. The number of hydrogen-bond donors (Lipinski definition) is 1. The number of aryl methyl sites for hydroxylation is 1. The number of amides is 2. The molecule has 3 heterocycles. The Morgan fingerprint density at radius 1 is 1.02 bits per heavy atom. The molecule has 42 heavy (non-hydrogen) atoms. The quantitative estimate of drug-likeness (QED) is 0.258. The fourth-order valence-electron chi connectivity index (χ4n) is 3.71. The monoisotopic (exact) mass is 611 g/mol. The van der Waals surface area contributed by atoms with E-state index in [9.17, 15) is 9.59 Å². The van der Waals surface area contributed by atoms with Crippen molar-refractivity contribution in [3.8, 4) is 17.4 Å². The summed E-state index contributed by atoms with van der Waals surface area (Å²) in [7, 11) is -1.98. The van der Waals surface area contributed by atoms with Crippen LogP contribution in [0.25, 0.3) is 0 Å². The van der Waals surface area contributed by atoms with E-state index in [0.29, 0.717) is 23.7 Å². The van der Waals surface area contributed by atoms with Crippen LogP contribution in [-0.4, -0.2) is 65.8 Å². The van der Waals surface area contributed by atoms with Crippen molar-refractivity contribution >= 4 is 37.6 Å². The Bertz CT molecular complexity index is 1440. The Labute approximate surface area is 252 Å². The second-order valence-electron chi connectivity index (χ2n) is 11.9. The molecule has 10 nitrogen and oxygen atoms in total. The first kappa shape index (κ1) is 31.4. The zero-order chi connectivity index (χ0) is 30.7. The minimum absolute atomic E-state index is 0.0618.